The van der Waals surface area contributed by atoms with Crippen molar-refractivity contribution in [1.29, 1.82) is 0 Å². The molecule has 142 valence electrons. The van der Waals surface area contributed by atoms with Crippen LogP contribution in [0.25, 0.3) is 4.96 Å². The first-order valence-corrected chi connectivity index (χ1v) is 9.80. The number of carbonyl (C=O) groups excluding carboxylic acids is 1. The van der Waals surface area contributed by atoms with Crippen LogP contribution in [0.3, 0.4) is 0 Å². The van der Waals surface area contributed by atoms with Crippen LogP contribution in [-0.2, 0) is 6.54 Å². The lowest BCUT2D eigenvalue weighted by molar-refractivity contribution is 0.0949. The molecule has 3 rings (SSSR count). The third kappa shape index (κ3) is 3.96. The number of aromatic nitrogens is 3. The molecular weight excluding hydrogens is 386 g/mol. The summed E-state index contributed by atoms with van der Waals surface area (Å²) in [5.41, 5.74) is 0.702. The summed E-state index contributed by atoms with van der Waals surface area (Å²) in [4.78, 5) is 37.2. The highest BCUT2D eigenvalue weighted by Crippen LogP contribution is 2.21. The van der Waals surface area contributed by atoms with Crippen LogP contribution >= 0.6 is 22.9 Å². The summed E-state index contributed by atoms with van der Waals surface area (Å²) in [6, 6.07) is 4.96. The molecule has 27 heavy (non-hydrogen) atoms. The first-order chi connectivity index (χ1) is 12.9. The lowest BCUT2D eigenvalue weighted by atomic mass is 10.3. The van der Waals surface area contributed by atoms with Gasteiger partial charge in [-0.05, 0) is 32.9 Å². The lowest BCUT2D eigenvalue weighted by Crippen LogP contribution is -2.29. The lowest BCUT2D eigenvalue weighted by Gasteiger charge is -2.21. The minimum atomic E-state index is -0.268. The molecule has 3 aromatic rings. The molecule has 0 saturated carbocycles. The standard InChI is InChI=1S/C18H20ClN5O2S/c1-4-20-17(26)16-11(3)27-18-22-13(9-15(25)24(16)18)10-23(5-2)14-8-12(19)6-7-21-14/h6-9H,4-5,10H2,1-3H3,(H,20,26). The number of aryl methyl sites for hydroxylation is 1. The Hall–Kier alpha value is -2.45. The van der Waals surface area contributed by atoms with Crippen LogP contribution in [0.1, 0.15) is 34.9 Å². The Balaban J connectivity index is 1.99. The van der Waals surface area contributed by atoms with Gasteiger partial charge in [0.1, 0.15) is 11.5 Å². The summed E-state index contributed by atoms with van der Waals surface area (Å²) in [6.07, 6.45) is 1.65. The van der Waals surface area contributed by atoms with E-state index in [-0.39, 0.29) is 11.5 Å². The summed E-state index contributed by atoms with van der Waals surface area (Å²) < 4.78 is 1.38. The molecule has 0 atom stereocenters. The van der Waals surface area contributed by atoms with E-state index in [1.165, 1.54) is 21.8 Å². The molecule has 7 nitrogen and oxygen atoms in total. The molecule has 1 N–H and O–H groups in total. The van der Waals surface area contributed by atoms with Crippen LogP contribution in [-0.4, -0.2) is 33.4 Å². The normalized spacial score (nSPS) is 11.0. The second kappa shape index (κ2) is 8.06. The van der Waals surface area contributed by atoms with Crippen LogP contribution in [0.4, 0.5) is 5.82 Å². The molecule has 0 aliphatic heterocycles. The maximum Gasteiger partial charge on any atom is 0.269 e. The molecule has 1 amide bonds. The van der Waals surface area contributed by atoms with Gasteiger partial charge in [-0.1, -0.05) is 11.6 Å². The van der Waals surface area contributed by atoms with Crippen LogP contribution in [0.5, 0.6) is 0 Å². The second-order valence-corrected chi connectivity index (χ2v) is 7.53. The molecule has 3 aromatic heterocycles. The van der Waals surface area contributed by atoms with Gasteiger partial charge in [-0.2, -0.15) is 0 Å². The number of hydrogen-bond acceptors (Lipinski definition) is 6. The van der Waals surface area contributed by atoms with Gasteiger partial charge >= 0.3 is 0 Å². The molecule has 0 fully saturated rings. The zero-order valence-corrected chi connectivity index (χ0v) is 16.9. The van der Waals surface area contributed by atoms with Crippen molar-refractivity contribution in [2.24, 2.45) is 0 Å². The van der Waals surface area contributed by atoms with Crippen molar-refractivity contribution in [3.8, 4) is 0 Å². The smallest absolute Gasteiger partial charge is 0.269 e. The average Bonchev–Trinajstić information content (AvgIpc) is 2.96. The maximum absolute atomic E-state index is 12.7. The fourth-order valence-corrected chi connectivity index (χ4v) is 3.97. The van der Waals surface area contributed by atoms with Crippen LogP contribution in [0.2, 0.25) is 5.02 Å². The fraction of sp³-hybridized carbons (Fsp3) is 0.333. The minimum absolute atomic E-state index is 0.267. The molecule has 0 aliphatic carbocycles. The Morgan fingerprint density at radius 2 is 2.15 bits per heavy atom. The fourth-order valence-electron chi connectivity index (χ4n) is 2.83. The first-order valence-electron chi connectivity index (χ1n) is 8.61. The van der Waals surface area contributed by atoms with E-state index < -0.39 is 0 Å². The van der Waals surface area contributed by atoms with Crippen molar-refractivity contribution < 1.29 is 4.79 Å². The third-order valence-electron chi connectivity index (χ3n) is 4.06. The topological polar surface area (TPSA) is 79.6 Å². The van der Waals surface area contributed by atoms with Gasteiger partial charge in [0.05, 0.1) is 12.2 Å². The summed E-state index contributed by atoms with van der Waals surface area (Å²) in [7, 11) is 0. The molecule has 0 radical (unpaired) electrons. The summed E-state index contributed by atoms with van der Waals surface area (Å²) >= 11 is 7.39. The molecule has 0 bridgehead atoms. The monoisotopic (exact) mass is 405 g/mol. The first kappa shape index (κ1) is 19.3. The van der Waals surface area contributed by atoms with E-state index in [1.54, 1.807) is 18.3 Å². The quantitative estimate of drug-likeness (QED) is 0.682. The highest BCUT2D eigenvalue weighted by atomic mass is 35.5. The van der Waals surface area contributed by atoms with Crippen LogP contribution in [0.15, 0.2) is 29.2 Å². The number of carbonyl (C=O) groups is 1. The van der Waals surface area contributed by atoms with Gasteiger partial charge in [0.15, 0.2) is 4.96 Å². The summed E-state index contributed by atoms with van der Waals surface area (Å²) in [5.74, 6) is 0.452. The van der Waals surface area contributed by atoms with E-state index in [4.69, 9.17) is 11.6 Å². The SMILES string of the molecule is CCNC(=O)c1c(C)sc2nc(CN(CC)c3cc(Cl)ccn3)cc(=O)n12. The number of fused-ring (bicyclic) bond motifs is 1. The molecule has 0 aliphatic rings. The van der Waals surface area contributed by atoms with E-state index in [1.807, 2.05) is 25.7 Å². The van der Waals surface area contributed by atoms with Crippen molar-refractivity contribution in [1.82, 2.24) is 19.7 Å². The van der Waals surface area contributed by atoms with E-state index >= 15 is 0 Å². The van der Waals surface area contributed by atoms with Crippen molar-refractivity contribution >= 4 is 39.6 Å². The van der Waals surface area contributed by atoms with Gasteiger partial charge in [0.2, 0.25) is 0 Å². The number of halogens is 1. The number of rotatable bonds is 6. The largest absolute Gasteiger partial charge is 0.351 e. The number of hydrogen-bond donors (Lipinski definition) is 1. The number of amides is 1. The average molecular weight is 406 g/mol. The predicted molar refractivity (Wildman–Crippen MR) is 108 cm³/mol. The number of nitrogens with one attached hydrogen (secondary N) is 1. The Morgan fingerprint density at radius 3 is 2.81 bits per heavy atom. The minimum Gasteiger partial charge on any atom is -0.351 e. The van der Waals surface area contributed by atoms with Gasteiger partial charge in [-0.3, -0.25) is 9.59 Å². The maximum atomic E-state index is 12.7. The van der Waals surface area contributed by atoms with E-state index in [0.29, 0.717) is 41.0 Å². The van der Waals surface area contributed by atoms with E-state index in [9.17, 15) is 9.59 Å². The summed E-state index contributed by atoms with van der Waals surface area (Å²) in [6.45, 7) is 7.25. The molecule has 0 spiro atoms. The number of anilines is 1. The number of thiazole rings is 1. The number of pyridine rings is 1. The second-order valence-electron chi connectivity index (χ2n) is 5.92. The Bertz CT molecular complexity index is 1050. The summed E-state index contributed by atoms with van der Waals surface area (Å²) in [5, 5.41) is 3.34. The van der Waals surface area contributed by atoms with Gasteiger partial charge in [0.25, 0.3) is 11.5 Å². The van der Waals surface area contributed by atoms with Crippen molar-refractivity contribution in [3.63, 3.8) is 0 Å². The Labute approximate surface area is 165 Å². The van der Waals surface area contributed by atoms with Crippen molar-refractivity contribution in [2.75, 3.05) is 18.0 Å². The molecular formula is C18H20ClN5O2S. The van der Waals surface area contributed by atoms with Gasteiger partial charge in [-0.25, -0.2) is 14.4 Å². The Kier molecular flexibility index (Phi) is 5.76. The van der Waals surface area contributed by atoms with E-state index in [2.05, 4.69) is 15.3 Å². The zero-order valence-electron chi connectivity index (χ0n) is 15.3. The predicted octanol–water partition coefficient (Wildman–Crippen LogP) is 2.89. The third-order valence-corrected chi connectivity index (χ3v) is 5.25. The molecule has 3 heterocycles. The van der Waals surface area contributed by atoms with Crippen LogP contribution in [0, 0.1) is 6.92 Å². The van der Waals surface area contributed by atoms with E-state index in [0.717, 1.165) is 10.7 Å². The van der Waals surface area contributed by atoms with Crippen molar-refractivity contribution in [3.05, 3.63) is 56.0 Å². The van der Waals surface area contributed by atoms with Crippen LogP contribution < -0.4 is 15.8 Å². The number of nitrogens with zero attached hydrogens (tertiary/aromatic N) is 4. The van der Waals surface area contributed by atoms with Gasteiger partial charge < -0.3 is 10.2 Å². The highest BCUT2D eigenvalue weighted by molar-refractivity contribution is 7.17. The molecule has 0 unspecified atom stereocenters. The molecule has 9 heteroatoms. The molecule has 0 aromatic carbocycles. The van der Waals surface area contributed by atoms with Gasteiger partial charge in [-0.15, -0.1) is 11.3 Å². The highest BCUT2D eigenvalue weighted by Gasteiger charge is 2.19. The Morgan fingerprint density at radius 1 is 1.37 bits per heavy atom. The zero-order chi connectivity index (χ0) is 19.6. The van der Waals surface area contributed by atoms with Gasteiger partial charge in [0, 0.05) is 35.3 Å². The van der Waals surface area contributed by atoms with Crippen molar-refractivity contribution in [2.45, 2.75) is 27.3 Å². The molecule has 0 saturated heterocycles.